The van der Waals surface area contributed by atoms with Crippen LogP contribution in [0.4, 0.5) is 5.95 Å². The molecule has 0 atom stereocenters. The second kappa shape index (κ2) is 6.33. The van der Waals surface area contributed by atoms with E-state index in [-0.39, 0.29) is 11.5 Å². The highest BCUT2D eigenvalue weighted by Gasteiger charge is 2.10. The third kappa shape index (κ3) is 2.77. The number of nitrogens with zero attached hydrogens (tertiary/aromatic N) is 3. The van der Waals surface area contributed by atoms with Crippen LogP contribution < -0.4 is 16.0 Å². The Bertz CT molecular complexity index is 1170. The quantitative estimate of drug-likeness (QED) is 0.618. The molecule has 0 radical (unpaired) electrons. The third-order valence-corrected chi connectivity index (χ3v) is 4.16. The highest BCUT2D eigenvalue weighted by atomic mass is 16.5. The fraction of sp³-hybridized carbons (Fsp3) is 0.0500. The SMILES string of the molecule is COc1cccc(-c2cc(-n3ccc4ccccc4c3=O)nc(N)n2)c1. The molecule has 0 saturated heterocycles. The van der Waals surface area contributed by atoms with E-state index < -0.39 is 0 Å². The topological polar surface area (TPSA) is 83.0 Å². The fourth-order valence-electron chi connectivity index (χ4n) is 2.88. The molecule has 6 nitrogen and oxygen atoms in total. The fourth-order valence-corrected chi connectivity index (χ4v) is 2.88. The van der Waals surface area contributed by atoms with Gasteiger partial charge < -0.3 is 10.5 Å². The Labute approximate surface area is 149 Å². The van der Waals surface area contributed by atoms with Crippen molar-refractivity contribution in [2.75, 3.05) is 12.8 Å². The number of methoxy groups -OCH3 is 1. The van der Waals surface area contributed by atoms with Crippen molar-refractivity contribution in [3.63, 3.8) is 0 Å². The van der Waals surface area contributed by atoms with Crippen LogP contribution in [0.2, 0.25) is 0 Å². The molecule has 4 aromatic rings. The molecule has 0 fully saturated rings. The zero-order valence-corrected chi connectivity index (χ0v) is 14.1. The molecule has 2 aromatic heterocycles. The molecule has 6 heteroatoms. The lowest BCUT2D eigenvalue weighted by molar-refractivity contribution is 0.415. The Kier molecular flexibility index (Phi) is 3.85. The number of hydrogen-bond acceptors (Lipinski definition) is 5. The summed E-state index contributed by atoms with van der Waals surface area (Å²) in [4.78, 5) is 21.4. The number of fused-ring (bicyclic) bond motifs is 1. The smallest absolute Gasteiger partial charge is 0.264 e. The standard InChI is InChI=1S/C20H16N4O2/c1-26-15-7-4-6-14(11-15)17-12-18(23-20(21)22-17)24-10-9-13-5-2-3-8-16(13)19(24)25/h2-12H,1H3,(H2,21,22,23). The summed E-state index contributed by atoms with van der Waals surface area (Å²) in [5, 5.41) is 1.50. The number of aromatic nitrogens is 3. The molecular weight excluding hydrogens is 328 g/mol. The maximum Gasteiger partial charge on any atom is 0.264 e. The number of nitrogen functional groups attached to an aromatic ring is 1. The first-order valence-corrected chi connectivity index (χ1v) is 8.05. The van der Waals surface area contributed by atoms with Gasteiger partial charge in [-0.15, -0.1) is 0 Å². The highest BCUT2D eigenvalue weighted by Crippen LogP contribution is 2.24. The lowest BCUT2D eigenvalue weighted by atomic mass is 10.1. The lowest BCUT2D eigenvalue weighted by Gasteiger charge is -2.10. The maximum absolute atomic E-state index is 12.8. The van der Waals surface area contributed by atoms with Crippen molar-refractivity contribution >= 4 is 16.7 Å². The summed E-state index contributed by atoms with van der Waals surface area (Å²) in [6, 6.07) is 18.5. The van der Waals surface area contributed by atoms with Gasteiger partial charge in [0.2, 0.25) is 5.95 Å². The van der Waals surface area contributed by atoms with Crippen molar-refractivity contribution < 1.29 is 4.74 Å². The largest absolute Gasteiger partial charge is 0.497 e. The Hall–Kier alpha value is -3.67. The van der Waals surface area contributed by atoms with Gasteiger partial charge >= 0.3 is 0 Å². The van der Waals surface area contributed by atoms with Crippen LogP contribution in [0.15, 0.2) is 71.7 Å². The van der Waals surface area contributed by atoms with Crippen LogP contribution >= 0.6 is 0 Å². The second-order valence-electron chi connectivity index (χ2n) is 5.78. The first-order chi connectivity index (χ1) is 12.7. The Morgan fingerprint density at radius 3 is 2.69 bits per heavy atom. The zero-order chi connectivity index (χ0) is 18.1. The number of ether oxygens (including phenoxy) is 1. The monoisotopic (exact) mass is 344 g/mol. The summed E-state index contributed by atoms with van der Waals surface area (Å²) in [6.07, 6.45) is 1.70. The number of pyridine rings is 1. The third-order valence-electron chi connectivity index (χ3n) is 4.16. The molecule has 0 bridgehead atoms. The maximum atomic E-state index is 12.8. The predicted octanol–water partition coefficient (Wildman–Crippen LogP) is 3.04. The predicted molar refractivity (Wildman–Crippen MR) is 102 cm³/mol. The Balaban J connectivity index is 1.89. The van der Waals surface area contributed by atoms with Gasteiger partial charge in [-0.05, 0) is 29.7 Å². The summed E-state index contributed by atoms with van der Waals surface area (Å²) in [6.45, 7) is 0. The van der Waals surface area contributed by atoms with Crippen LogP contribution in [0.25, 0.3) is 27.8 Å². The molecule has 4 rings (SSSR count). The summed E-state index contributed by atoms with van der Waals surface area (Å²) in [5.74, 6) is 1.23. The number of hydrogen-bond donors (Lipinski definition) is 1. The minimum absolute atomic E-state index is 0.0976. The van der Waals surface area contributed by atoms with Gasteiger partial charge in [0.1, 0.15) is 11.6 Å². The van der Waals surface area contributed by atoms with E-state index in [2.05, 4.69) is 9.97 Å². The molecule has 26 heavy (non-hydrogen) atoms. The molecule has 0 aliphatic rings. The summed E-state index contributed by atoms with van der Waals surface area (Å²) in [5.41, 5.74) is 7.19. The van der Waals surface area contributed by atoms with Crippen molar-refractivity contribution in [2.45, 2.75) is 0 Å². The van der Waals surface area contributed by atoms with Gasteiger partial charge in [-0.2, -0.15) is 4.98 Å². The first kappa shape index (κ1) is 15.8. The van der Waals surface area contributed by atoms with E-state index in [9.17, 15) is 4.79 Å². The van der Waals surface area contributed by atoms with Crippen LogP contribution in [-0.4, -0.2) is 21.6 Å². The van der Waals surface area contributed by atoms with Crippen molar-refractivity contribution in [3.8, 4) is 22.8 Å². The minimum atomic E-state index is -0.155. The highest BCUT2D eigenvalue weighted by molar-refractivity contribution is 5.81. The number of nitrogens with two attached hydrogens (primary N) is 1. The Morgan fingerprint density at radius 1 is 1.00 bits per heavy atom. The van der Waals surface area contributed by atoms with E-state index >= 15 is 0 Å². The molecule has 2 heterocycles. The van der Waals surface area contributed by atoms with Gasteiger partial charge in [0.05, 0.1) is 12.8 Å². The van der Waals surface area contributed by atoms with Crippen molar-refractivity contribution in [2.24, 2.45) is 0 Å². The van der Waals surface area contributed by atoms with Crippen LogP contribution in [-0.2, 0) is 0 Å². The van der Waals surface area contributed by atoms with Crippen molar-refractivity contribution in [1.29, 1.82) is 0 Å². The van der Waals surface area contributed by atoms with Gasteiger partial charge in [0, 0.05) is 23.2 Å². The molecule has 128 valence electrons. The molecule has 2 aromatic carbocycles. The van der Waals surface area contributed by atoms with E-state index in [0.717, 1.165) is 10.9 Å². The van der Waals surface area contributed by atoms with E-state index in [1.807, 2.05) is 48.5 Å². The number of rotatable bonds is 3. The first-order valence-electron chi connectivity index (χ1n) is 8.05. The van der Waals surface area contributed by atoms with Crippen molar-refractivity contribution in [3.05, 3.63) is 77.2 Å². The molecule has 0 unspecified atom stereocenters. The zero-order valence-electron chi connectivity index (χ0n) is 14.1. The molecular formula is C20H16N4O2. The van der Waals surface area contributed by atoms with Crippen LogP contribution in [0, 0.1) is 0 Å². The van der Waals surface area contributed by atoms with Crippen LogP contribution in [0.1, 0.15) is 0 Å². The summed E-state index contributed by atoms with van der Waals surface area (Å²) in [7, 11) is 1.60. The van der Waals surface area contributed by atoms with Gasteiger partial charge in [-0.1, -0.05) is 30.3 Å². The van der Waals surface area contributed by atoms with Crippen molar-refractivity contribution in [1.82, 2.24) is 14.5 Å². The second-order valence-corrected chi connectivity index (χ2v) is 5.78. The van der Waals surface area contributed by atoms with Gasteiger partial charge in [0.15, 0.2) is 0 Å². The normalized spacial score (nSPS) is 10.8. The molecule has 0 aliphatic carbocycles. The lowest BCUT2D eigenvalue weighted by Crippen LogP contribution is -2.19. The number of anilines is 1. The van der Waals surface area contributed by atoms with Crippen LogP contribution in [0.5, 0.6) is 5.75 Å². The number of benzene rings is 2. The molecule has 0 spiro atoms. The van der Waals surface area contributed by atoms with E-state index in [1.54, 1.807) is 25.4 Å². The molecule has 2 N–H and O–H groups in total. The average molecular weight is 344 g/mol. The van der Waals surface area contributed by atoms with Gasteiger partial charge in [-0.25, -0.2) is 4.98 Å². The van der Waals surface area contributed by atoms with E-state index in [4.69, 9.17) is 10.5 Å². The van der Waals surface area contributed by atoms with E-state index in [0.29, 0.717) is 22.6 Å². The molecule has 0 saturated carbocycles. The summed E-state index contributed by atoms with van der Waals surface area (Å²) >= 11 is 0. The van der Waals surface area contributed by atoms with Gasteiger partial charge in [-0.3, -0.25) is 9.36 Å². The molecule has 0 amide bonds. The Morgan fingerprint density at radius 2 is 1.85 bits per heavy atom. The van der Waals surface area contributed by atoms with E-state index in [1.165, 1.54) is 4.57 Å². The minimum Gasteiger partial charge on any atom is -0.497 e. The molecule has 0 aliphatic heterocycles. The summed E-state index contributed by atoms with van der Waals surface area (Å²) < 4.78 is 6.74. The van der Waals surface area contributed by atoms with Gasteiger partial charge in [0.25, 0.3) is 5.56 Å². The average Bonchev–Trinajstić information content (AvgIpc) is 2.68. The van der Waals surface area contributed by atoms with Crippen LogP contribution in [0.3, 0.4) is 0 Å².